The van der Waals surface area contributed by atoms with Crippen LogP contribution >= 0.6 is 0 Å². The van der Waals surface area contributed by atoms with Crippen LogP contribution in [0.4, 0.5) is 4.79 Å². The van der Waals surface area contributed by atoms with Gasteiger partial charge in [0.2, 0.25) is 0 Å². The minimum absolute atomic E-state index is 0.153. The van der Waals surface area contributed by atoms with E-state index in [1.807, 2.05) is 50.2 Å². The number of rotatable bonds is 4. The summed E-state index contributed by atoms with van der Waals surface area (Å²) in [5.74, 6) is -0.678. The molecular formula is C22H26N2O3. The molecular weight excluding hydrogens is 340 g/mol. The third-order valence-electron chi connectivity index (χ3n) is 5.19. The van der Waals surface area contributed by atoms with Gasteiger partial charge in [-0.1, -0.05) is 60.7 Å². The standard InChI is InChI=1S/C22H26N2O3/c1-22(2)26-19-17(13-15-9-5-3-6-10-15)23-21(25)24-18(20(19)27-22)14-16-11-7-4-8-12-16/h3-12,17-20H,13-14H2,1-2H3,(H2,23,24,25)/t17-,18+,19-,20-/m0/s1. The Hall–Kier alpha value is -2.37. The van der Waals surface area contributed by atoms with E-state index in [2.05, 4.69) is 34.9 Å². The third-order valence-corrected chi connectivity index (χ3v) is 5.19. The second-order valence-corrected chi connectivity index (χ2v) is 7.77. The number of nitrogens with one attached hydrogen (secondary N) is 2. The van der Waals surface area contributed by atoms with Crippen molar-refractivity contribution in [1.82, 2.24) is 10.6 Å². The van der Waals surface area contributed by atoms with Gasteiger partial charge in [0.1, 0.15) is 12.2 Å². The second-order valence-electron chi connectivity index (χ2n) is 7.77. The van der Waals surface area contributed by atoms with Gasteiger partial charge in [-0.25, -0.2) is 4.79 Å². The molecule has 0 aliphatic carbocycles. The van der Waals surface area contributed by atoms with Gasteiger partial charge in [0, 0.05) is 0 Å². The summed E-state index contributed by atoms with van der Waals surface area (Å²) in [6.07, 6.45) is 0.973. The molecule has 0 unspecified atom stereocenters. The zero-order valence-corrected chi connectivity index (χ0v) is 15.7. The van der Waals surface area contributed by atoms with Crippen molar-refractivity contribution in [2.24, 2.45) is 0 Å². The molecule has 0 aromatic heterocycles. The Kier molecular flexibility index (Phi) is 4.89. The number of hydrogen-bond donors (Lipinski definition) is 2. The van der Waals surface area contributed by atoms with E-state index < -0.39 is 5.79 Å². The first-order chi connectivity index (χ1) is 13.0. The number of amides is 2. The van der Waals surface area contributed by atoms with Crippen LogP contribution in [0.25, 0.3) is 0 Å². The monoisotopic (exact) mass is 366 g/mol. The van der Waals surface area contributed by atoms with Crippen LogP contribution in [0.2, 0.25) is 0 Å². The maximum atomic E-state index is 12.5. The Morgan fingerprint density at radius 3 is 1.59 bits per heavy atom. The summed E-state index contributed by atoms with van der Waals surface area (Å²) in [6, 6.07) is 19.8. The number of urea groups is 1. The first-order valence-electron chi connectivity index (χ1n) is 9.51. The SMILES string of the molecule is CC1(C)O[C@@H]2[C@@H](O1)[C@@H](Cc1ccccc1)NC(=O)N[C@H]2Cc1ccccc1. The summed E-state index contributed by atoms with van der Waals surface area (Å²) in [5, 5.41) is 6.19. The highest BCUT2D eigenvalue weighted by molar-refractivity contribution is 5.75. The van der Waals surface area contributed by atoms with Gasteiger partial charge < -0.3 is 20.1 Å². The molecule has 2 aromatic rings. The van der Waals surface area contributed by atoms with E-state index in [0.29, 0.717) is 12.8 Å². The van der Waals surface area contributed by atoms with Crippen molar-refractivity contribution in [2.45, 2.75) is 56.8 Å². The Morgan fingerprint density at radius 1 is 0.778 bits per heavy atom. The smallest absolute Gasteiger partial charge is 0.315 e. The van der Waals surface area contributed by atoms with E-state index >= 15 is 0 Å². The molecule has 0 radical (unpaired) electrons. The molecule has 142 valence electrons. The molecule has 2 heterocycles. The third kappa shape index (κ3) is 4.15. The molecule has 5 nitrogen and oxygen atoms in total. The van der Waals surface area contributed by atoms with Gasteiger partial charge in [-0.2, -0.15) is 0 Å². The van der Waals surface area contributed by atoms with Gasteiger partial charge in [0.25, 0.3) is 0 Å². The number of ether oxygens (including phenoxy) is 2. The zero-order valence-electron chi connectivity index (χ0n) is 15.7. The number of carbonyl (C=O) groups is 1. The molecule has 0 spiro atoms. The van der Waals surface area contributed by atoms with Crippen molar-refractivity contribution in [3.8, 4) is 0 Å². The van der Waals surface area contributed by atoms with Crippen LogP contribution in [0.15, 0.2) is 60.7 Å². The van der Waals surface area contributed by atoms with Crippen molar-refractivity contribution in [2.75, 3.05) is 0 Å². The second kappa shape index (κ2) is 7.33. The van der Waals surface area contributed by atoms with Crippen LogP contribution in [0.1, 0.15) is 25.0 Å². The molecule has 0 bridgehead atoms. The van der Waals surface area contributed by atoms with E-state index in [-0.39, 0.29) is 30.3 Å². The zero-order chi connectivity index (χ0) is 18.9. The van der Waals surface area contributed by atoms with Crippen LogP contribution in [-0.4, -0.2) is 36.1 Å². The fourth-order valence-corrected chi connectivity index (χ4v) is 4.05. The summed E-state index contributed by atoms with van der Waals surface area (Å²) in [5.41, 5.74) is 2.33. The average Bonchev–Trinajstić information content (AvgIpc) is 2.93. The van der Waals surface area contributed by atoms with E-state index in [1.54, 1.807) is 0 Å². The predicted octanol–water partition coefficient (Wildman–Crippen LogP) is 3.04. The average molecular weight is 366 g/mol. The highest BCUT2D eigenvalue weighted by atomic mass is 16.8. The minimum atomic E-state index is -0.678. The fourth-order valence-electron chi connectivity index (χ4n) is 4.05. The number of fused-ring (bicyclic) bond motifs is 1. The summed E-state index contributed by atoms with van der Waals surface area (Å²) in [4.78, 5) is 12.5. The molecule has 2 aliphatic rings. The summed E-state index contributed by atoms with van der Waals surface area (Å²) in [6.45, 7) is 3.87. The van der Waals surface area contributed by atoms with E-state index in [1.165, 1.54) is 0 Å². The molecule has 2 amide bonds. The minimum Gasteiger partial charge on any atom is -0.342 e. The largest absolute Gasteiger partial charge is 0.342 e. The highest BCUT2D eigenvalue weighted by Crippen LogP contribution is 2.34. The van der Waals surface area contributed by atoms with E-state index in [4.69, 9.17) is 9.47 Å². The first kappa shape index (κ1) is 18.0. The lowest BCUT2D eigenvalue weighted by Gasteiger charge is -2.26. The van der Waals surface area contributed by atoms with Gasteiger partial charge in [-0.15, -0.1) is 0 Å². The number of hydrogen-bond acceptors (Lipinski definition) is 3. The summed E-state index contributed by atoms with van der Waals surface area (Å²) >= 11 is 0. The van der Waals surface area contributed by atoms with Gasteiger partial charge >= 0.3 is 6.03 Å². The normalized spacial score (nSPS) is 29.3. The molecule has 2 fully saturated rings. The Bertz CT molecular complexity index is 715. The van der Waals surface area contributed by atoms with Crippen LogP contribution in [-0.2, 0) is 22.3 Å². The molecule has 2 aliphatic heterocycles. The van der Waals surface area contributed by atoms with Crippen molar-refractivity contribution >= 4 is 6.03 Å². The molecule has 4 rings (SSSR count). The van der Waals surface area contributed by atoms with Gasteiger partial charge in [-0.3, -0.25) is 0 Å². The summed E-state index contributed by atoms with van der Waals surface area (Å²) < 4.78 is 12.5. The van der Waals surface area contributed by atoms with Gasteiger partial charge in [-0.05, 0) is 37.8 Å². The van der Waals surface area contributed by atoms with Crippen LogP contribution in [0, 0.1) is 0 Å². The molecule has 0 saturated carbocycles. The van der Waals surface area contributed by atoms with Gasteiger partial charge in [0.15, 0.2) is 5.79 Å². The van der Waals surface area contributed by atoms with E-state index in [9.17, 15) is 4.79 Å². The van der Waals surface area contributed by atoms with Crippen LogP contribution in [0.5, 0.6) is 0 Å². The maximum Gasteiger partial charge on any atom is 0.315 e. The lowest BCUT2D eigenvalue weighted by Crippen LogP contribution is -2.47. The fraction of sp³-hybridized carbons (Fsp3) is 0.409. The molecule has 27 heavy (non-hydrogen) atoms. The number of carbonyl (C=O) groups excluding carboxylic acids is 1. The van der Waals surface area contributed by atoms with Crippen LogP contribution < -0.4 is 10.6 Å². The number of benzene rings is 2. The lowest BCUT2D eigenvalue weighted by molar-refractivity contribution is -0.150. The Labute approximate surface area is 160 Å². The Morgan fingerprint density at radius 2 is 1.19 bits per heavy atom. The maximum absolute atomic E-state index is 12.5. The predicted molar refractivity (Wildman–Crippen MR) is 103 cm³/mol. The van der Waals surface area contributed by atoms with Crippen LogP contribution in [0.3, 0.4) is 0 Å². The first-order valence-corrected chi connectivity index (χ1v) is 9.51. The topological polar surface area (TPSA) is 59.6 Å². The molecule has 2 aromatic carbocycles. The van der Waals surface area contributed by atoms with Crippen molar-refractivity contribution in [1.29, 1.82) is 0 Å². The Balaban J connectivity index is 1.60. The van der Waals surface area contributed by atoms with Crippen molar-refractivity contribution in [3.05, 3.63) is 71.8 Å². The molecule has 2 N–H and O–H groups in total. The molecule has 4 atom stereocenters. The highest BCUT2D eigenvalue weighted by Gasteiger charge is 2.50. The van der Waals surface area contributed by atoms with Crippen molar-refractivity contribution in [3.63, 3.8) is 0 Å². The quantitative estimate of drug-likeness (QED) is 0.874. The summed E-state index contributed by atoms with van der Waals surface area (Å²) in [7, 11) is 0. The molecule has 5 heteroatoms. The molecule has 2 saturated heterocycles. The van der Waals surface area contributed by atoms with E-state index in [0.717, 1.165) is 11.1 Å². The van der Waals surface area contributed by atoms with Crippen molar-refractivity contribution < 1.29 is 14.3 Å². The lowest BCUT2D eigenvalue weighted by atomic mass is 9.92. The van der Waals surface area contributed by atoms with Gasteiger partial charge in [0.05, 0.1) is 12.1 Å².